The number of para-hydroxylation sites is 1. The Bertz CT molecular complexity index is 653. The fourth-order valence-electron chi connectivity index (χ4n) is 2.52. The van der Waals surface area contributed by atoms with Gasteiger partial charge in [0.15, 0.2) is 0 Å². The third kappa shape index (κ3) is 2.43. The van der Waals surface area contributed by atoms with Crippen molar-refractivity contribution in [3.05, 3.63) is 46.2 Å². The van der Waals surface area contributed by atoms with Gasteiger partial charge >= 0.3 is 0 Å². The summed E-state index contributed by atoms with van der Waals surface area (Å²) in [5.41, 5.74) is 2.04. The predicted octanol–water partition coefficient (Wildman–Crippen LogP) is 2.83. The van der Waals surface area contributed by atoms with E-state index < -0.39 is 0 Å². The van der Waals surface area contributed by atoms with Crippen molar-refractivity contribution in [1.82, 2.24) is 9.88 Å². The number of aromatic nitrogens is 1. The van der Waals surface area contributed by atoms with Crippen molar-refractivity contribution in [3.8, 4) is 0 Å². The minimum absolute atomic E-state index is 0.141. The highest BCUT2D eigenvalue weighted by Gasteiger charge is 2.21. The van der Waals surface area contributed by atoms with Crippen LogP contribution in [0.5, 0.6) is 0 Å². The second kappa shape index (κ2) is 4.82. The van der Waals surface area contributed by atoms with E-state index >= 15 is 0 Å². The molecule has 0 amide bonds. The zero-order chi connectivity index (χ0) is 13.4. The van der Waals surface area contributed by atoms with Crippen LogP contribution in [0.2, 0.25) is 0 Å². The molecule has 3 heteroatoms. The van der Waals surface area contributed by atoms with E-state index in [0.717, 1.165) is 16.5 Å². The van der Waals surface area contributed by atoms with E-state index in [2.05, 4.69) is 25.2 Å². The standard InChI is InChI=1S/C16H20N2O/c1-11(2)18-15-6-4-3-5-12(15)9-13(16(18)19)10-17-14-7-8-14/h3-6,9,11,14,17H,7-8,10H2,1-2H3. The van der Waals surface area contributed by atoms with Crippen molar-refractivity contribution in [1.29, 1.82) is 0 Å². The van der Waals surface area contributed by atoms with Gasteiger partial charge in [-0.3, -0.25) is 4.79 Å². The van der Waals surface area contributed by atoms with Gasteiger partial charge in [-0.1, -0.05) is 18.2 Å². The Morgan fingerprint density at radius 3 is 2.74 bits per heavy atom. The number of benzene rings is 1. The summed E-state index contributed by atoms with van der Waals surface area (Å²) in [7, 11) is 0. The Balaban J connectivity index is 2.11. The van der Waals surface area contributed by atoms with Crippen LogP contribution in [-0.4, -0.2) is 10.6 Å². The van der Waals surface area contributed by atoms with E-state index in [1.54, 1.807) is 0 Å². The summed E-state index contributed by atoms with van der Waals surface area (Å²) < 4.78 is 1.90. The molecule has 0 aliphatic heterocycles. The molecule has 1 aliphatic carbocycles. The van der Waals surface area contributed by atoms with Gasteiger partial charge in [0.25, 0.3) is 5.56 Å². The highest BCUT2D eigenvalue weighted by atomic mass is 16.1. The van der Waals surface area contributed by atoms with Gasteiger partial charge in [0.2, 0.25) is 0 Å². The van der Waals surface area contributed by atoms with Crippen LogP contribution in [-0.2, 0) is 6.54 Å². The van der Waals surface area contributed by atoms with Gasteiger partial charge < -0.3 is 9.88 Å². The molecule has 1 N–H and O–H groups in total. The summed E-state index contributed by atoms with van der Waals surface area (Å²) in [5, 5.41) is 4.57. The molecule has 3 rings (SSSR count). The number of hydrogen-bond donors (Lipinski definition) is 1. The summed E-state index contributed by atoms with van der Waals surface area (Å²) in [6.07, 6.45) is 2.48. The number of fused-ring (bicyclic) bond motifs is 1. The van der Waals surface area contributed by atoms with Crippen LogP contribution in [0.25, 0.3) is 10.9 Å². The van der Waals surface area contributed by atoms with Crippen molar-refractivity contribution >= 4 is 10.9 Å². The van der Waals surface area contributed by atoms with Gasteiger partial charge in [-0.05, 0) is 44.2 Å². The lowest BCUT2D eigenvalue weighted by molar-refractivity contribution is 0.587. The molecule has 2 aromatic rings. The van der Waals surface area contributed by atoms with Gasteiger partial charge in [-0.25, -0.2) is 0 Å². The molecule has 3 nitrogen and oxygen atoms in total. The third-order valence-electron chi connectivity index (χ3n) is 3.69. The van der Waals surface area contributed by atoms with Crippen LogP contribution in [0.3, 0.4) is 0 Å². The lowest BCUT2D eigenvalue weighted by Crippen LogP contribution is -2.29. The first-order valence-electron chi connectivity index (χ1n) is 7.03. The van der Waals surface area contributed by atoms with Gasteiger partial charge in [0, 0.05) is 24.2 Å². The lowest BCUT2D eigenvalue weighted by Gasteiger charge is -2.16. The van der Waals surface area contributed by atoms with E-state index in [1.165, 1.54) is 12.8 Å². The number of pyridine rings is 1. The maximum Gasteiger partial charge on any atom is 0.255 e. The van der Waals surface area contributed by atoms with Crippen LogP contribution >= 0.6 is 0 Å². The zero-order valence-corrected chi connectivity index (χ0v) is 11.5. The molecule has 1 aromatic heterocycles. The molecular weight excluding hydrogens is 236 g/mol. The normalized spacial score (nSPS) is 15.3. The quantitative estimate of drug-likeness (QED) is 0.912. The Morgan fingerprint density at radius 1 is 1.32 bits per heavy atom. The minimum Gasteiger partial charge on any atom is -0.310 e. The van der Waals surface area contributed by atoms with Crippen LogP contribution in [0, 0.1) is 0 Å². The number of nitrogens with zero attached hydrogens (tertiary/aromatic N) is 1. The van der Waals surface area contributed by atoms with Gasteiger partial charge in [0.1, 0.15) is 0 Å². The van der Waals surface area contributed by atoms with E-state index in [-0.39, 0.29) is 11.6 Å². The number of nitrogens with one attached hydrogen (secondary N) is 1. The molecule has 1 fully saturated rings. The van der Waals surface area contributed by atoms with E-state index in [0.29, 0.717) is 12.6 Å². The summed E-state index contributed by atoms with van der Waals surface area (Å²) >= 11 is 0. The molecule has 0 saturated heterocycles. The van der Waals surface area contributed by atoms with Crippen molar-refractivity contribution in [2.24, 2.45) is 0 Å². The molecule has 1 aliphatic rings. The highest BCUT2D eigenvalue weighted by molar-refractivity contribution is 5.79. The average molecular weight is 256 g/mol. The molecule has 0 atom stereocenters. The van der Waals surface area contributed by atoms with E-state index in [9.17, 15) is 4.79 Å². The second-order valence-corrected chi connectivity index (χ2v) is 5.65. The minimum atomic E-state index is 0.141. The molecule has 0 spiro atoms. The van der Waals surface area contributed by atoms with E-state index in [4.69, 9.17) is 0 Å². The van der Waals surface area contributed by atoms with Gasteiger partial charge in [-0.15, -0.1) is 0 Å². The van der Waals surface area contributed by atoms with Crippen LogP contribution in [0.1, 0.15) is 38.3 Å². The first-order chi connectivity index (χ1) is 9.16. The smallest absolute Gasteiger partial charge is 0.255 e. The average Bonchev–Trinajstić information content (AvgIpc) is 3.20. The molecule has 0 bridgehead atoms. The fourth-order valence-corrected chi connectivity index (χ4v) is 2.52. The Kier molecular flexibility index (Phi) is 3.15. The topological polar surface area (TPSA) is 34.0 Å². The predicted molar refractivity (Wildman–Crippen MR) is 78.5 cm³/mol. The van der Waals surface area contributed by atoms with Gasteiger partial charge in [-0.2, -0.15) is 0 Å². The number of hydrogen-bond acceptors (Lipinski definition) is 2. The molecule has 1 saturated carbocycles. The maximum absolute atomic E-state index is 12.6. The van der Waals surface area contributed by atoms with E-state index in [1.807, 2.05) is 28.8 Å². The SMILES string of the molecule is CC(C)n1c(=O)c(CNC2CC2)cc2ccccc21. The molecule has 19 heavy (non-hydrogen) atoms. The van der Waals surface area contributed by atoms with Crippen LogP contribution < -0.4 is 10.9 Å². The summed E-state index contributed by atoms with van der Waals surface area (Å²) in [4.78, 5) is 12.6. The van der Waals surface area contributed by atoms with Crippen LogP contribution in [0.15, 0.2) is 35.1 Å². The summed E-state index contributed by atoms with van der Waals surface area (Å²) in [6, 6.07) is 10.9. The first kappa shape index (κ1) is 12.4. The Hall–Kier alpha value is -1.61. The van der Waals surface area contributed by atoms with Crippen molar-refractivity contribution < 1.29 is 0 Å². The molecular formula is C16H20N2O. The molecule has 1 heterocycles. The molecule has 0 unspecified atom stereocenters. The third-order valence-corrected chi connectivity index (χ3v) is 3.69. The zero-order valence-electron chi connectivity index (χ0n) is 11.5. The summed E-state index contributed by atoms with van der Waals surface area (Å²) in [5.74, 6) is 0. The fraction of sp³-hybridized carbons (Fsp3) is 0.438. The lowest BCUT2D eigenvalue weighted by atomic mass is 10.1. The van der Waals surface area contributed by atoms with Crippen molar-refractivity contribution in [2.45, 2.75) is 45.3 Å². The Morgan fingerprint density at radius 2 is 2.05 bits per heavy atom. The van der Waals surface area contributed by atoms with Gasteiger partial charge in [0.05, 0.1) is 5.52 Å². The monoisotopic (exact) mass is 256 g/mol. The summed E-state index contributed by atoms with van der Waals surface area (Å²) in [6.45, 7) is 4.80. The number of rotatable bonds is 4. The largest absolute Gasteiger partial charge is 0.310 e. The maximum atomic E-state index is 12.6. The molecule has 1 aromatic carbocycles. The van der Waals surface area contributed by atoms with Crippen LogP contribution in [0.4, 0.5) is 0 Å². The first-order valence-corrected chi connectivity index (χ1v) is 7.03. The Labute approximate surface area is 113 Å². The highest BCUT2D eigenvalue weighted by Crippen LogP contribution is 2.20. The molecule has 0 radical (unpaired) electrons. The van der Waals surface area contributed by atoms with Crippen molar-refractivity contribution in [2.75, 3.05) is 0 Å². The molecule has 100 valence electrons. The second-order valence-electron chi connectivity index (χ2n) is 5.65. The van der Waals surface area contributed by atoms with Crippen molar-refractivity contribution in [3.63, 3.8) is 0 Å².